The van der Waals surface area contributed by atoms with Gasteiger partial charge >= 0.3 is 0 Å². The first-order valence-corrected chi connectivity index (χ1v) is 7.12. The number of carbonyl (C=O) groups excluding carboxylic acids is 2. The lowest BCUT2D eigenvalue weighted by Crippen LogP contribution is -2.47. The van der Waals surface area contributed by atoms with Gasteiger partial charge in [-0.25, -0.2) is 0 Å². The molecule has 0 spiro atoms. The van der Waals surface area contributed by atoms with E-state index in [9.17, 15) is 14.9 Å². The smallest absolute Gasteiger partial charge is 0.244 e. The van der Waals surface area contributed by atoms with Crippen molar-refractivity contribution in [2.24, 2.45) is 0 Å². The second kappa shape index (κ2) is 6.89. The van der Waals surface area contributed by atoms with Gasteiger partial charge in [-0.3, -0.25) is 9.59 Å². The lowest BCUT2D eigenvalue weighted by molar-refractivity contribution is -0.132. The molecule has 1 heterocycles. The van der Waals surface area contributed by atoms with Crippen molar-refractivity contribution in [2.75, 3.05) is 13.1 Å². The highest BCUT2D eigenvalue weighted by atomic mass is 16.2. The molecule has 2 amide bonds. The van der Waals surface area contributed by atoms with Crippen molar-refractivity contribution < 1.29 is 9.59 Å². The molecule has 0 aromatic heterocycles. The zero-order valence-corrected chi connectivity index (χ0v) is 12.1. The Morgan fingerprint density at radius 2 is 1.90 bits per heavy atom. The van der Waals surface area contributed by atoms with Crippen LogP contribution in [-0.2, 0) is 9.59 Å². The van der Waals surface area contributed by atoms with Gasteiger partial charge < -0.3 is 10.2 Å². The second-order valence-electron chi connectivity index (χ2n) is 5.27. The molecule has 1 aliphatic rings. The van der Waals surface area contributed by atoms with E-state index in [4.69, 9.17) is 0 Å². The quantitative estimate of drug-likeness (QED) is 0.912. The van der Waals surface area contributed by atoms with E-state index in [0.717, 1.165) is 18.4 Å². The Balaban J connectivity index is 1.98. The van der Waals surface area contributed by atoms with E-state index in [1.165, 1.54) is 6.92 Å². The summed E-state index contributed by atoms with van der Waals surface area (Å²) in [5.41, 5.74) is 0.731. The number of benzene rings is 1. The predicted octanol–water partition coefficient (Wildman–Crippen LogP) is 1.42. The summed E-state index contributed by atoms with van der Waals surface area (Å²) in [5, 5.41) is 12.2. The molecule has 0 saturated carbocycles. The van der Waals surface area contributed by atoms with Crippen LogP contribution in [0.15, 0.2) is 30.3 Å². The minimum absolute atomic E-state index is 0.0426. The molecule has 0 bridgehead atoms. The third kappa shape index (κ3) is 3.82. The van der Waals surface area contributed by atoms with Gasteiger partial charge in [-0.05, 0) is 18.4 Å². The monoisotopic (exact) mass is 285 g/mol. The maximum atomic E-state index is 12.5. The Morgan fingerprint density at radius 3 is 2.43 bits per heavy atom. The lowest BCUT2D eigenvalue weighted by atomic mass is 9.97. The number of hydrogen-bond acceptors (Lipinski definition) is 3. The van der Waals surface area contributed by atoms with E-state index >= 15 is 0 Å². The summed E-state index contributed by atoms with van der Waals surface area (Å²) in [5.74, 6) is -0.938. The second-order valence-corrected chi connectivity index (χ2v) is 5.27. The summed E-state index contributed by atoms with van der Waals surface area (Å²) in [6, 6.07) is 11.4. The highest BCUT2D eigenvalue weighted by molar-refractivity contribution is 5.86. The molecule has 1 fully saturated rings. The molecule has 110 valence electrons. The fourth-order valence-electron chi connectivity index (χ4n) is 2.63. The molecular formula is C16H19N3O2. The van der Waals surface area contributed by atoms with Crippen molar-refractivity contribution in [3.8, 4) is 6.07 Å². The van der Waals surface area contributed by atoms with Gasteiger partial charge in [-0.1, -0.05) is 30.3 Å². The third-order valence-corrected chi connectivity index (χ3v) is 3.72. The summed E-state index contributed by atoms with van der Waals surface area (Å²) in [4.78, 5) is 25.2. The largest absolute Gasteiger partial charge is 0.353 e. The summed E-state index contributed by atoms with van der Waals surface area (Å²) < 4.78 is 0. The Morgan fingerprint density at radius 1 is 1.29 bits per heavy atom. The van der Waals surface area contributed by atoms with Gasteiger partial charge in [0, 0.05) is 26.1 Å². The maximum absolute atomic E-state index is 12.5. The van der Waals surface area contributed by atoms with Crippen LogP contribution in [0.5, 0.6) is 0 Å². The number of piperidine rings is 1. The molecule has 1 N–H and O–H groups in total. The summed E-state index contributed by atoms with van der Waals surface area (Å²) in [6.07, 6.45) is 1.47. The Kier molecular flexibility index (Phi) is 4.94. The van der Waals surface area contributed by atoms with Gasteiger partial charge in [0.25, 0.3) is 0 Å². The third-order valence-electron chi connectivity index (χ3n) is 3.72. The van der Waals surface area contributed by atoms with Gasteiger partial charge in [0.05, 0.1) is 6.07 Å². The molecule has 2 rings (SSSR count). The van der Waals surface area contributed by atoms with Crippen LogP contribution >= 0.6 is 0 Å². The molecule has 1 aliphatic heterocycles. The van der Waals surface area contributed by atoms with Crippen molar-refractivity contribution in [2.45, 2.75) is 31.7 Å². The zero-order chi connectivity index (χ0) is 15.2. The van der Waals surface area contributed by atoms with E-state index in [1.807, 2.05) is 18.2 Å². The van der Waals surface area contributed by atoms with E-state index in [0.29, 0.717) is 13.1 Å². The van der Waals surface area contributed by atoms with Gasteiger partial charge in [-0.15, -0.1) is 0 Å². The van der Waals surface area contributed by atoms with Gasteiger partial charge in [0.2, 0.25) is 11.8 Å². The number of carbonyl (C=O) groups is 2. The minimum atomic E-state index is -0.747. The predicted molar refractivity (Wildman–Crippen MR) is 78.2 cm³/mol. The number of nitriles is 1. The van der Waals surface area contributed by atoms with Gasteiger partial charge in [0.1, 0.15) is 5.92 Å². The summed E-state index contributed by atoms with van der Waals surface area (Å²) in [6.45, 7) is 2.65. The molecule has 0 radical (unpaired) electrons. The standard InChI is InChI=1S/C16H19N3O2/c1-12(20)18-14-7-9-19(10-8-14)16(21)15(11-17)13-5-3-2-4-6-13/h2-6,14-15H,7-10H2,1H3,(H,18,20). The van der Waals surface area contributed by atoms with Crippen molar-refractivity contribution in [1.82, 2.24) is 10.2 Å². The first-order chi connectivity index (χ1) is 10.1. The van der Waals surface area contributed by atoms with Crippen molar-refractivity contribution >= 4 is 11.8 Å². The number of likely N-dealkylation sites (tertiary alicyclic amines) is 1. The number of nitrogens with zero attached hydrogens (tertiary/aromatic N) is 2. The molecule has 1 aromatic carbocycles. The summed E-state index contributed by atoms with van der Waals surface area (Å²) in [7, 11) is 0. The van der Waals surface area contributed by atoms with Crippen molar-refractivity contribution in [1.29, 1.82) is 5.26 Å². The molecule has 1 saturated heterocycles. The van der Waals surface area contributed by atoms with E-state index in [1.54, 1.807) is 17.0 Å². The van der Waals surface area contributed by atoms with Crippen LogP contribution in [0.2, 0.25) is 0 Å². The highest BCUT2D eigenvalue weighted by Gasteiger charge is 2.29. The number of hydrogen-bond donors (Lipinski definition) is 1. The van der Waals surface area contributed by atoms with Crippen molar-refractivity contribution in [3.63, 3.8) is 0 Å². The van der Waals surface area contributed by atoms with Crippen LogP contribution in [0.25, 0.3) is 0 Å². The van der Waals surface area contributed by atoms with E-state index < -0.39 is 5.92 Å². The molecule has 0 aliphatic carbocycles. The highest BCUT2D eigenvalue weighted by Crippen LogP contribution is 2.20. The lowest BCUT2D eigenvalue weighted by Gasteiger charge is -2.33. The molecule has 1 atom stereocenters. The summed E-state index contributed by atoms with van der Waals surface area (Å²) >= 11 is 0. The van der Waals surface area contributed by atoms with Crippen LogP contribution in [0.4, 0.5) is 0 Å². The van der Waals surface area contributed by atoms with E-state index in [2.05, 4.69) is 11.4 Å². The molecule has 1 unspecified atom stereocenters. The first-order valence-electron chi connectivity index (χ1n) is 7.12. The maximum Gasteiger partial charge on any atom is 0.244 e. The SMILES string of the molecule is CC(=O)NC1CCN(C(=O)C(C#N)c2ccccc2)CC1. The normalized spacial score (nSPS) is 16.9. The topological polar surface area (TPSA) is 73.2 Å². The minimum Gasteiger partial charge on any atom is -0.353 e. The number of amides is 2. The number of nitrogens with one attached hydrogen (secondary N) is 1. The average Bonchev–Trinajstić information content (AvgIpc) is 2.49. The number of rotatable bonds is 3. The average molecular weight is 285 g/mol. The molecule has 1 aromatic rings. The van der Waals surface area contributed by atoms with Gasteiger partial charge in [-0.2, -0.15) is 5.26 Å². The van der Waals surface area contributed by atoms with Crippen LogP contribution in [0.3, 0.4) is 0 Å². The molecular weight excluding hydrogens is 266 g/mol. The van der Waals surface area contributed by atoms with Crippen LogP contribution < -0.4 is 5.32 Å². The Hall–Kier alpha value is -2.35. The van der Waals surface area contributed by atoms with E-state index in [-0.39, 0.29) is 17.9 Å². The fraction of sp³-hybridized carbons (Fsp3) is 0.438. The fourth-order valence-corrected chi connectivity index (χ4v) is 2.63. The molecule has 5 heteroatoms. The molecule has 5 nitrogen and oxygen atoms in total. The van der Waals surface area contributed by atoms with Crippen LogP contribution in [0.1, 0.15) is 31.2 Å². The zero-order valence-electron chi connectivity index (χ0n) is 12.1. The Labute approximate surface area is 124 Å². The van der Waals surface area contributed by atoms with Crippen molar-refractivity contribution in [3.05, 3.63) is 35.9 Å². The van der Waals surface area contributed by atoms with Crippen LogP contribution in [0, 0.1) is 11.3 Å². The first kappa shape index (κ1) is 15.0. The van der Waals surface area contributed by atoms with Crippen LogP contribution in [-0.4, -0.2) is 35.8 Å². The van der Waals surface area contributed by atoms with Gasteiger partial charge in [0.15, 0.2) is 0 Å². The molecule has 21 heavy (non-hydrogen) atoms. The Bertz CT molecular complexity index is 542.